The van der Waals surface area contributed by atoms with Gasteiger partial charge in [-0.15, -0.1) is 0 Å². The van der Waals surface area contributed by atoms with Crippen LogP contribution in [0.25, 0.3) is 0 Å². The smallest absolute Gasteiger partial charge is 0.281 e. The molecule has 152 valence electrons. The van der Waals surface area contributed by atoms with Crippen molar-refractivity contribution in [1.29, 1.82) is 0 Å². The number of hydrogen-bond donors (Lipinski definition) is 0. The lowest BCUT2D eigenvalue weighted by Gasteiger charge is -2.29. The molecule has 0 spiro atoms. The maximum absolute atomic E-state index is 11.4. The summed E-state index contributed by atoms with van der Waals surface area (Å²) < 4.78 is 12.6. The van der Waals surface area contributed by atoms with E-state index in [1.165, 1.54) is 23.3 Å². The zero-order chi connectivity index (χ0) is 20.6. The van der Waals surface area contributed by atoms with E-state index in [0.717, 1.165) is 6.07 Å². The molecule has 4 aliphatic rings. The molecule has 2 heterocycles. The van der Waals surface area contributed by atoms with Crippen LogP contribution in [-0.2, 0) is 16.1 Å². The molecule has 4 bridgehead atoms. The number of benzene rings is 2. The van der Waals surface area contributed by atoms with Crippen molar-refractivity contribution in [2.24, 2.45) is 23.7 Å². The van der Waals surface area contributed by atoms with E-state index in [1.54, 1.807) is 0 Å². The molecule has 8 nitrogen and oxygen atoms in total. The number of nitro benzene ring substituents is 2. The van der Waals surface area contributed by atoms with Gasteiger partial charge in [0, 0.05) is 29.7 Å². The fraction of sp³-hybridized carbons (Fsp3) is 0.364. The molecule has 2 fully saturated rings. The van der Waals surface area contributed by atoms with Crippen molar-refractivity contribution in [3.63, 3.8) is 0 Å². The summed E-state index contributed by atoms with van der Waals surface area (Å²) in [6, 6.07) is 12.1. The van der Waals surface area contributed by atoms with Gasteiger partial charge in [0.05, 0.1) is 46.4 Å². The highest BCUT2D eigenvalue weighted by atomic mass is 16.6. The van der Waals surface area contributed by atoms with E-state index in [4.69, 9.17) is 9.47 Å². The first-order chi connectivity index (χ1) is 14.5. The minimum Gasteiger partial charge on any atom is -0.372 e. The summed E-state index contributed by atoms with van der Waals surface area (Å²) in [5, 5.41) is 22.4. The first-order valence-electron chi connectivity index (χ1n) is 10.0. The second-order valence-corrected chi connectivity index (χ2v) is 8.40. The van der Waals surface area contributed by atoms with Crippen LogP contribution in [0.4, 0.5) is 11.4 Å². The van der Waals surface area contributed by atoms with E-state index in [0.29, 0.717) is 17.4 Å². The summed E-state index contributed by atoms with van der Waals surface area (Å²) in [5.74, 6) is 1.13. The number of hydrogen-bond acceptors (Lipinski definition) is 6. The Balaban J connectivity index is 1.25. The van der Waals surface area contributed by atoms with Crippen LogP contribution in [0.2, 0.25) is 0 Å². The SMILES string of the molecule is O=[N+]([O-])c1ccc(COC2C3C=CC2C2C4OC(c5ccccc54)C32)c([N+](=O)[O-])c1. The van der Waals surface area contributed by atoms with E-state index in [1.807, 2.05) is 12.1 Å². The number of ether oxygens (including phenoxy) is 2. The Bertz CT molecular complexity index is 1070. The number of non-ortho nitro benzene ring substituents is 1. The molecule has 30 heavy (non-hydrogen) atoms. The lowest BCUT2D eigenvalue weighted by Crippen LogP contribution is -2.25. The van der Waals surface area contributed by atoms with Gasteiger partial charge in [-0.2, -0.15) is 0 Å². The zero-order valence-electron chi connectivity index (χ0n) is 15.8. The third kappa shape index (κ3) is 2.28. The second-order valence-electron chi connectivity index (χ2n) is 8.40. The van der Waals surface area contributed by atoms with Crippen LogP contribution < -0.4 is 0 Å². The molecule has 0 radical (unpaired) electrons. The quantitative estimate of drug-likeness (QED) is 0.417. The Labute approximate surface area is 171 Å². The van der Waals surface area contributed by atoms with E-state index in [9.17, 15) is 20.2 Å². The number of fused-ring (bicyclic) bond motifs is 12. The highest BCUT2D eigenvalue weighted by Crippen LogP contribution is 2.68. The molecule has 2 aromatic carbocycles. The molecule has 2 aliphatic heterocycles. The van der Waals surface area contributed by atoms with Gasteiger partial charge in [-0.3, -0.25) is 20.2 Å². The monoisotopic (exact) mass is 406 g/mol. The predicted octanol–water partition coefficient (Wildman–Crippen LogP) is 4.26. The van der Waals surface area contributed by atoms with Gasteiger partial charge in [-0.05, 0) is 17.2 Å². The largest absolute Gasteiger partial charge is 0.372 e. The summed E-state index contributed by atoms with van der Waals surface area (Å²) in [7, 11) is 0. The molecular formula is C22H18N2O6. The first kappa shape index (κ1) is 17.7. The van der Waals surface area contributed by atoms with Crippen LogP contribution in [0, 0.1) is 43.9 Å². The normalized spacial score (nSPS) is 34.2. The summed E-state index contributed by atoms with van der Waals surface area (Å²) in [6.07, 6.45) is 4.51. The number of rotatable bonds is 5. The van der Waals surface area contributed by atoms with E-state index in [-0.39, 0.29) is 48.1 Å². The van der Waals surface area contributed by atoms with E-state index in [2.05, 4.69) is 24.3 Å². The van der Waals surface area contributed by atoms with Crippen molar-refractivity contribution < 1.29 is 19.3 Å². The van der Waals surface area contributed by atoms with Crippen molar-refractivity contribution in [3.05, 3.63) is 91.5 Å². The number of nitro groups is 2. The van der Waals surface area contributed by atoms with Crippen molar-refractivity contribution in [3.8, 4) is 0 Å². The predicted molar refractivity (Wildman–Crippen MR) is 104 cm³/mol. The van der Waals surface area contributed by atoms with Gasteiger partial charge in [-0.25, -0.2) is 0 Å². The van der Waals surface area contributed by atoms with E-state index < -0.39 is 9.85 Å². The number of nitrogens with zero attached hydrogens (tertiary/aromatic N) is 2. The van der Waals surface area contributed by atoms with Crippen LogP contribution >= 0.6 is 0 Å². The first-order valence-corrected chi connectivity index (χ1v) is 10.0. The average Bonchev–Trinajstić information content (AvgIpc) is 3.49. The van der Waals surface area contributed by atoms with Gasteiger partial charge in [-0.1, -0.05) is 36.4 Å². The van der Waals surface area contributed by atoms with Crippen molar-refractivity contribution in [2.75, 3.05) is 0 Å². The van der Waals surface area contributed by atoms with Gasteiger partial charge in [0.15, 0.2) is 0 Å². The summed E-state index contributed by atoms with van der Waals surface area (Å²) in [5.41, 5.74) is 2.32. The third-order valence-electron chi connectivity index (χ3n) is 7.16. The highest BCUT2D eigenvalue weighted by molar-refractivity contribution is 5.49. The minimum absolute atomic E-state index is 0.0518. The van der Waals surface area contributed by atoms with Crippen LogP contribution in [0.3, 0.4) is 0 Å². The molecule has 2 aliphatic carbocycles. The van der Waals surface area contributed by atoms with Gasteiger partial charge < -0.3 is 9.47 Å². The Hall–Kier alpha value is -3.10. The molecule has 6 atom stereocenters. The summed E-state index contributed by atoms with van der Waals surface area (Å²) in [4.78, 5) is 21.1. The lowest BCUT2D eigenvalue weighted by molar-refractivity contribution is -0.394. The Kier molecular flexibility index (Phi) is 3.66. The molecule has 1 saturated carbocycles. The average molecular weight is 406 g/mol. The molecule has 0 N–H and O–H groups in total. The highest BCUT2D eigenvalue weighted by Gasteiger charge is 2.65. The third-order valence-corrected chi connectivity index (χ3v) is 7.16. The standard InChI is InChI=1S/C22H18N2O6/c25-23(26)12-6-5-11(17(9-12)24(27)28)10-29-20-15-7-8-16(20)19-18(15)21-13-3-1-2-4-14(13)22(19)30-21/h1-9,15-16,18-22H,10H2. The molecule has 8 heteroatoms. The van der Waals surface area contributed by atoms with E-state index >= 15 is 0 Å². The summed E-state index contributed by atoms with van der Waals surface area (Å²) >= 11 is 0. The fourth-order valence-electron chi connectivity index (χ4n) is 6.04. The molecule has 0 amide bonds. The lowest BCUT2D eigenvalue weighted by atomic mass is 9.71. The molecule has 1 saturated heterocycles. The van der Waals surface area contributed by atoms with Crippen molar-refractivity contribution in [1.82, 2.24) is 0 Å². The molecule has 2 aromatic rings. The molecular weight excluding hydrogens is 388 g/mol. The van der Waals surface area contributed by atoms with Gasteiger partial charge >= 0.3 is 0 Å². The van der Waals surface area contributed by atoms with Gasteiger partial charge in [0.1, 0.15) is 0 Å². The maximum Gasteiger partial charge on any atom is 0.281 e. The van der Waals surface area contributed by atoms with Crippen LogP contribution in [0.1, 0.15) is 28.9 Å². The topological polar surface area (TPSA) is 105 Å². The Morgan fingerprint density at radius 2 is 1.53 bits per heavy atom. The van der Waals surface area contributed by atoms with Gasteiger partial charge in [0.2, 0.25) is 0 Å². The van der Waals surface area contributed by atoms with Crippen molar-refractivity contribution >= 4 is 11.4 Å². The molecule has 0 aromatic heterocycles. The van der Waals surface area contributed by atoms with Crippen LogP contribution in [0.5, 0.6) is 0 Å². The fourth-order valence-corrected chi connectivity index (χ4v) is 6.04. The maximum atomic E-state index is 11.4. The van der Waals surface area contributed by atoms with Crippen molar-refractivity contribution in [2.45, 2.75) is 24.9 Å². The van der Waals surface area contributed by atoms with Crippen LogP contribution in [-0.4, -0.2) is 16.0 Å². The van der Waals surface area contributed by atoms with Crippen LogP contribution in [0.15, 0.2) is 54.6 Å². The van der Waals surface area contributed by atoms with Gasteiger partial charge in [0.25, 0.3) is 11.4 Å². The minimum atomic E-state index is -0.632. The summed E-state index contributed by atoms with van der Waals surface area (Å²) in [6.45, 7) is 0.0518. The Morgan fingerprint density at radius 3 is 2.10 bits per heavy atom. The molecule has 6 unspecified atom stereocenters. The molecule has 6 rings (SSSR count). The Morgan fingerprint density at radius 1 is 0.900 bits per heavy atom. The zero-order valence-corrected chi connectivity index (χ0v) is 15.8. The second kappa shape index (κ2) is 6.20.